The minimum absolute atomic E-state index is 0.0584. The number of ether oxygens (including phenoxy) is 1. The first-order valence-corrected chi connectivity index (χ1v) is 10.4. The molecule has 0 saturated heterocycles. The van der Waals surface area contributed by atoms with E-state index in [1.807, 2.05) is 73.7 Å². The van der Waals surface area contributed by atoms with E-state index in [0.29, 0.717) is 11.3 Å². The van der Waals surface area contributed by atoms with Crippen LogP contribution in [0.4, 0.5) is 0 Å². The van der Waals surface area contributed by atoms with Crippen molar-refractivity contribution in [1.29, 1.82) is 0 Å². The van der Waals surface area contributed by atoms with Crippen LogP contribution in [-0.4, -0.2) is 15.4 Å². The molecule has 0 N–H and O–H groups in total. The number of nitrogens with zero attached hydrogens (tertiary/aromatic N) is 2. The van der Waals surface area contributed by atoms with Crippen molar-refractivity contribution in [3.63, 3.8) is 0 Å². The molecule has 150 valence electrons. The van der Waals surface area contributed by atoms with Crippen LogP contribution in [0, 0.1) is 6.92 Å². The monoisotopic (exact) mass is 416 g/mol. The first kappa shape index (κ1) is 19.9. The summed E-state index contributed by atoms with van der Waals surface area (Å²) in [5.41, 5.74) is 2.58. The quantitative estimate of drug-likeness (QED) is 0.340. The van der Waals surface area contributed by atoms with Gasteiger partial charge in [0.15, 0.2) is 0 Å². The fourth-order valence-corrected chi connectivity index (χ4v) is 4.11. The van der Waals surface area contributed by atoms with Crippen LogP contribution in [0.3, 0.4) is 0 Å². The van der Waals surface area contributed by atoms with Crippen molar-refractivity contribution in [2.45, 2.75) is 23.7 Å². The van der Waals surface area contributed by atoms with E-state index in [1.165, 1.54) is 22.2 Å². The number of benzene rings is 2. The predicted molar refractivity (Wildman–Crippen MR) is 117 cm³/mol. The molecule has 0 bridgehead atoms. The summed E-state index contributed by atoms with van der Waals surface area (Å²) in [6, 6.07) is 24.3. The molecule has 2 heterocycles. The number of carbonyl (C=O) groups is 1. The van der Waals surface area contributed by atoms with Crippen LogP contribution in [-0.2, 0) is 16.1 Å². The molecule has 0 aliphatic carbocycles. The minimum atomic E-state index is -0.516. The predicted octanol–water partition coefficient (Wildman–Crippen LogP) is 4.58. The number of thioether (sulfide) groups is 1. The van der Waals surface area contributed by atoms with Gasteiger partial charge < -0.3 is 4.74 Å². The third-order valence-corrected chi connectivity index (χ3v) is 5.78. The Morgan fingerprint density at radius 1 is 1.03 bits per heavy atom. The first-order chi connectivity index (χ1) is 14.6. The fourth-order valence-electron chi connectivity index (χ4n) is 3.07. The van der Waals surface area contributed by atoms with Gasteiger partial charge in [-0.3, -0.25) is 14.0 Å². The lowest BCUT2D eigenvalue weighted by atomic mass is 10.1. The Bertz CT molecular complexity index is 1220. The number of esters is 1. The van der Waals surface area contributed by atoms with Gasteiger partial charge in [-0.15, -0.1) is 11.8 Å². The molecule has 0 amide bonds. The maximum Gasteiger partial charge on any atom is 0.324 e. The molecule has 1 atom stereocenters. The van der Waals surface area contributed by atoms with Gasteiger partial charge in [-0.2, -0.15) is 0 Å². The number of aryl methyl sites for hydroxylation is 1. The second-order valence-electron chi connectivity index (χ2n) is 6.85. The molecule has 0 aliphatic heterocycles. The summed E-state index contributed by atoms with van der Waals surface area (Å²) in [6.07, 6.45) is 1.74. The van der Waals surface area contributed by atoms with Crippen LogP contribution < -0.4 is 5.56 Å². The molecule has 0 fully saturated rings. The van der Waals surface area contributed by atoms with Crippen LogP contribution in [0.5, 0.6) is 0 Å². The Hall–Kier alpha value is -3.38. The lowest BCUT2D eigenvalue weighted by molar-refractivity contribution is -0.144. The topological polar surface area (TPSA) is 60.7 Å². The second-order valence-corrected chi connectivity index (χ2v) is 8.03. The number of pyridine rings is 1. The molecule has 5 nitrogen and oxygen atoms in total. The summed E-state index contributed by atoms with van der Waals surface area (Å²) in [5.74, 6) is -0.374. The van der Waals surface area contributed by atoms with E-state index in [4.69, 9.17) is 4.74 Å². The zero-order valence-corrected chi connectivity index (χ0v) is 17.2. The van der Waals surface area contributed by atoms with Crippen LogP contribution in [0.1, 0.15) is 22.1 Å². The highest BCUT2D eigenvalue weighted by Crippen LogP contribution is 2.36. The van der Waals surface area contributed by atoms with Gasteiger partial charge in [-0.05, 0) is 36.2 Å². The molecule has 2 aromatic carbocycles. The van der Waals surface area contributed by atoms with Gasteiger partial charge in [0, 0.05) is 17.2 Å². The van der Waals surface area contributed by atoms with Crippen molar-refractivity contribution in [2.75, 3.05) is 0 Å². The molecular formula is C24H20N2O3S. The smallest absolute Gasteiger partial charge is 0.324 e. The number of aromatic nitrogens is 2. The molecule has 0 unspecified atom stereocenters. The Morgan fingerprint density at radius 3 is 2.47 bits per heavy atom. The van der Waals surface area contributed by atoms with Gasteiger partial charge in [-0.1, -0.05) is 54.6 Å². The Labute approximate surface area is 178 Å². The average Bonchev–Trinajstić information content (AvgIpc) is 2.77. The molecule has 0 saturated carbocycles. The lowest BCUT2D eigenvalue weighted by Gasteiger charge is -2.16. The molecule has 6 heteroatoms. The van der Waals surface area contributed by atoms with Crippen molar-refractivity contribution in [3.05, 3.63) is 112 Å². The Morgan fingerprint density at radius 2 is 1.73 bits per heavy atom. The van der Waals surface area contributed by atoms with Crippen molar-refractivity contribution in [2.24, 2.45) is 0 Å². The van der Waals surface area contributed by atoms with Crippen LogP contribution >= 0.6 is 11.8 Å². The number of rotatable bonds is 6. The molecule has 4 rings (SSSR count). The Balaban J connectivity index is 1.55. The Kier molecular flexibility index (Phi) is 5.95. The van der Waals surface area contributed by atoms with Crippen molar-refractivity contribution in [1.82, 2.24) is 9.38 Å². The minimum Gasteiger partial charge on any atom is -0.458 e. The van der Waals surface area contributed by atoms with Crippen molar-refractivity contribution in [3.8, 4) is 0 Å². The zero-order valence-electron chi connectivity index (χ0n) is 16.4. The zero-order chi connectivity index (χ0) is 20.9. The molecular weight excluding hydrogens is 396 g/mol. The highest BCUT2D eigenvalue weighted by molar-refractivity contribution is 8.00. The summed E-state index contributed by atoms with van der Waals surface area (Å²) < 4.78 is 7.06. The molecule has 2 aromatic heterocycles. The second kappa shape index (κ2) is 8.97. The van der Waals surface area contributed by atoms with Gasteiger partial charge >= 0.3 is 5.97 Å². The van der Waals surface area contributed by atoms with E-state index in [1.54, 1.807) is 12.3 Å². The molecule has 4 aromatic rings. The van der Waals surface area contributed by atoms with Crippen LogP contribution in [0.2, 0.25) is 0 Å². The summed E-state index contributed by atoms with van der Waals surface area (Å²) in [5, 5.41) is -0.516. The summed E-state index contributed by atoms with van der Waals surface area (Å²) in [6.45, 7) is 1.85. The van der Waals surface area contributed by atoms with E-state index < -0.39 is 5.25 Å². The van der Waals surface area contributed by atoms with Gasteiger partial charge in [0.1, 0.15) is 17.5 Å². The number of fused-ring (bicyclic) bond motifs is 1. The largest absolute Gasteiger partial charge is 0.458 e. The van der Waals surface area contributed by atoms with Crippen molar-refractivity contribution < 1.29 is 9.53 Å². The van der Waals surface area contributed by atoms with Gasteiger partial charge in [0.2, 0.25) is 0 Å². The van der Waals surface area contributed by atoms with Gasteiger partial charge in [0.25, 0.3) is 5.56 Å². The van der Waals surface area contributed by atoms with Crippen LogP contribution in [0.25, 0.3) is 5.65 Å². The van der Waals surface area contributed by atoms with E-state index >= 15 is 0 Å². The van der Waals surface area contributed by atoms with E-state index in [-0.39, 0.29) is 18.1 Å². The maximum absolute atomic E-state index is 13.0. The third kappa shape index (κ3) is 4.60. The summed E-state index contributed by atoms with van der Waals surface area (Å²) in [4.78, 5) is 30.7. The summed E-state index contributed by atoms with van der Waals surface area (Å²) in [7, 11) is 0. The van der Waals surface area contributed by atoms with Gasteiger partial charge in [-0.25, -0.2) is 4.98 Å². The van der Waals surface area contributed by atoms with Crippen LogP contribution in [0.15, 0.2) is 94.7 Å². The highest BCUT2D eigenvalue weighted by atomic mass is 32.2. The SMILES string of the molecule is Cc1ccc2nc(COC(=O)[C@H](Sc3ccccc3)c3ccccc3)cc(=O)n2c1. The number of hydrogen-bond donors (Lipinski definition) is 0. The fraction of sp³-hybridized carbons (Fsp3) is 0.125. The van der Waals surface area contributed by atoms with E-state index in [9.17, 15) is 9.59 Å². The highest BCUT2D eigenvalue weighted by Gasteiger charge is 2.24. The normalized spacial score (nSPS) is 11.9. The molecule has 0 radical (unpaired) electrons. The average molecular weight is 417 g/mol. The van der Waals surface area contributed by atoms with Gasteiger partial charge in [0.05, 0.1) is 5.69 Å². The third-order valence-electron chi connectivity index (χ3n) is 4.54. The molecule has 0 aliphatic rings. The number of carbonyl (C=O) groups excluding carboxylic acids is 1. The van der Waals surface area contributed by atoms with Crippen molar-refractivity contribution >= 4 is 23.4 Å². The molecule has 30 heavy (non-hydrogen) atoms. The number of hydrogen-bond acceptors (Lipinski definition) is 5. The molecule has 0 spiro atoms. The maximum atomic E-state index is 13.0. The first-order valence-electron chi connectivity index (χ1n) is 9.52. The lowest BCUT2D eigenvalue weighted by Crippen LogP contribution is -2.18. The van der Waals surface area contributed by atoms with E-state index in [0.717, 1.165) is 16.0 Å². The van der Waals surface area contributed by atoms with E-state index in [2.05, 4.69) is 4.98 Å². The standard InChI is InChI=1S/C24H20N2O3S/c1-17-12-13-21-25-19(14-22(27)26(21)15-17)16-29-24(28)23(18-8-4-2-5-9-18)30-20-10-6-3-7-11-20/h2-15,23H,16H2,1H3/t23-/m1/s1. The summed E-state index contributed by atoms with van der Waals surface area (Å²) >= 11 is 1.43.